The third-order valence-corrected chi connectivity index (χ3v) is 3.81. The number of methoxy groups -OCH3 is 2. The molecule has 0 aliphatic rings. The number of hydrogen-bond donors (Lipinski definition) is 2. The maximum Gasteiger partial charge on any atom is 0.337 e. The molecule has 8 nitrogen and oxygen atoms in total. The van der Waals surface area contributed by atoms with Crippen LogP contribution in [0.25, 0.3) is 0 Å². The molecule has 0 spiro atoms. The standard InChI is InChI=1S/C18H18ClN3O5/c1-26-8-7-21-17(24)15-9-11(5-6-20-15)16(23)22-14-10-12(18(25)27-2)3-4-13(14)19/h3-6,9-10H,7-8H2,1-2H3,(H,21,24)(H,22,23). The second-order valence-corrected chi connectivity index (χ2v) is 5.73. The molecule has 0 radical (unpaired) electrons. The molecular formula is C18H18ClN3O5. The molecule has 0 fully saturated rings. The SMILES string of the molecule is COCCNC(=O)c1cc(C(=O)Nc2cc(C(=O)OC)ccc2Cl)ccn1. The van der Waals surface area contributed by atoms with Gasteiger partial charge in [-0.05, 0) is 30.3 Å². The van der Waals surface area contributed by atoms with Crippen LogP contribution in [-0.2, 0) is 9.47 Å². The van der Waals surface area contributed by atoms with Crippen molar-refractivity contribution in [3.05, 3.63) is 58.4 Å². The van der Waals surface area contributed by atoms with Crippen LogP contribution < -0.4 is 10.6 Å². The molecular weight excluding hydrogens is 374 g/mol. The number of esters is 1. The van der Waals surface area contributed by atoms with Crippen LogP contribution in [-0.4, -0.2) is 50.1 Å². The Kier molecular flexibility index (Phi) is 7.27. The Bertz CT molecular complexity index is 857. The van der Waals surface area contributed by atoms with Gasteiger partial charge in [0.05, 0.1) is 30.0 Å². The van der Waals surface area contributed by atoms with Crippen molar-refractivity contribution in [3.8, 4) is 0 Å². The quantitative estimate of drug-likeness (QED) is 0.553. The van der Waals surface area contributed by atoms with Crippen LogP contribution in [0.15, 0.2) is 36.5 Å². The average Bonchev–Trinajstić information content (AvgIpc) is 2.69. The molecule has 0 aliphatic carbocycles. The summed E-state index contributed by atoms with van der Waals surface area (Å²) < 4.78 is 9.50. The van der Waals surface area contributed by atoms with Gasteiger partial charge in [0.15, 0.2) is 0 Å². The smallest absolute Gasteiger partial charge is 0.337 e. The van der Waals surface area contributed by atoms with Gasteiger partial charge in [-0.15, -0.1) is 0 Å². The lowest BCUT2D eigenvalue weighted by molar-refractivity contribution is 0.0600. The van der Waals surface area contributed by atoms with E-state index in [1.165, 1.54) is 50.7 Å². The molecule has 2 amide bonds. The number of ether oxygens (including phenoxy) is 2. The summed E-state index contributed by atoms with van der Waals surface area (Å²) in [6, 6.07) is 7.18. The highest BCUT2D eigenvalue weighted by molar-refractivity contribution is 6.34. The molecule has 0 atom stereocenters. The second kappa shape index (κ2) is 9.65. The number of nitrogens with one attached hydrogen (secondary N) is 2. The topological polar surface area (TPSA) is 107 Å². The van der Waals surface area contributed by atoms with E-state index in [0.29, 0.717) is 13.2 Å². The van der Waals surface area contributed by atoms with Crippen molar-refractivity contribution in [3.63, 3.8) is 0 Å². The van der Waals surface area contributed by atoms with E-state index in [4.69, 9.17) is 16.3 Å². The minimum Gasteiger partial charge on any atom is -0.465 e. The van der Waals surface area contributed by atoms with Gasteiger partial charge in [-0.2, -0.15) is 0 Å². The summed E-state index contributed by atoms with van der Waals surface area (Å²) in [6.45, 7) is 0.685. The lowest BCUT2D eigenvalue weighted by Crippen LogP contribution is -2.28. The summed E-state index contributed by atoms with van der Waals surface area (Å²) in [5.74, 6) is -1.49. The van der Waals surface area contributed by atoms with Crippen molar-refractivity contribution in [2.75, 3.05) is 32.7 Å². The molecule has 142 valence electrons. The Balaban J connectivity index is 2.16. The molecule has 0 saturated carbocycles. The Morgan fingerprint density at radius 3 is 2.56 bits per heavy atom. The molecule has 0 bridgehead atoms. The van der Waals surface area contributed by atoms with Gasteiger partial charge >= 0.3 is 5.97 Å². The van der Waals surface area contributed by atoms with Crippen LogP contribution in [0.3, 0.4) is 0 Å². The second-order valence-electron chi connectivity index (χ2n) is 5.32. The molecule has 0 aliphatic heterocycles. The number of hydrogen-bond acceptors (Lipinski definition) is 6. The summed E-state index contributed by atoms with van der Waals surface area (Å²) in [5.41, 5.74) is 0.784. The average molecular weight is 392 g/mol. The molecule has 1 aromatic carbocycles. The van der Waals surface area contributed by atoms with Gasteiger partial charge in [0.25, 0.3) is 11.8 Å². The van der Waals surface area contributed by atoms with Crippen LogP contribution >= 0.6 is 11.6 Å². The van der Waals surface area contributed by atoms with E-state index in [0.717, 1.165) is 0 Å². The Morgan fingerprint density at radius 1 is 1.07 bits per heavy atom. The molecule has 9 heteroatoms. The van der Waals surface area contributed by atoms with Gasteiger partial charge < -0.3 is 20.1 Å². The van der Waals surface area contributed by atoms with Crippen molar-refractivity contribution >= 4 is 35.1 Å². The number of aromatic nitrogens is 1. The molecule has 2 aromatic rings. The first-order valence-corrected chi connectivity index (χ1v) is 8.26. The lowest BCUT2D eigenvalue weighted by Gasteiger charge is -2.10. The summed E-state index contributed by atoms with van der Waals surface area (Å²) in [5, 5.41) is 5.48. The largest absolute Gasteiger partial charge is 0.465 e. The van der Waals surface area contributed by atoms with E-state index in [-0.39, 0.29) is 27.5 Å². The maximum atomic E-state index is 12.5. The molecule has 1 aromatic heterocycles. The highest BCUT2D eigenvalue weighted by Gasteiger charge is 2.15. The number of rotatable bonds is 7. The predicted molar refractivity (Wildman–Crippen MR) is 99.2 cm³/mol. The number of carbonyl (C=O) groups excluding carboxylic acids is 3. The summed E-state index contributed by atoms with van der Waals surface area (Å²) in [7, 11) is 2.78. The first-order valence-electron chi connectivity index (χ1n) is 7.88. The van der Waals surface area contributed by atoms with E-state index in [1.54, 1.807) is 0 Å². The number of pyridine rings is 1. The minimum atomic E-state index is -0.555. The van der Waals surface area contributed by atoms with Gasteiger partial charge in [-0.25, -0.2) is 4.79 Å². The molecule has 0 saturated heterocycles. The third-order valence-electron chi connectivity index (χ3n) is 3.48. The zero-order valence-electron chi connectivity index (χ0n) is 14.7. The Labute approximate surface area is 160 Å². The summed E-state index contributed by atoms with van der Waals surface area (Å²) in [4.78, 5) is 40.1. The number of carbonyl (C=O) groups is 3. The highest BCUT2D eigenvalue weighted by Crippen LogP contribution is 2.24. The van der Waals surface area contributed by atoms with Gasteiger partial charge in [0.2, 0.25) is 0 Å². The van der Waals surface area contributed by atoms with Crippen LogP contribution in [0.1, 0.15) is 31.2 Å². The Hall–Kier alpha value is -2.97. The first kappa shape index (κ1) is 20.3. The lowest BCUT2D eigenvalue weighted by atomic mass is 10.1. The van der Waals surface area contributed by atoms with Crippen LogP contribution in [0, 0.1) is 0 Å². The van der Waals surface area contributed by atoms with E-state index in [2.05, 4.69) is 20.4 Å². The van der Waals surface area contributed by atoms with Crippen molar-refractivity contribution in [1.82, 2.24) is 10.3 Å². The summed E-state index contributed by atoms with van der Waals surface area (Å²) in [6.07, 6.45) is 1.35. The maximum absolute atomic E-state index is 12.5. The van der Waals surface area contributed by atoms with Crippen molar-refractivity contribution < 1.29 is 23.9 Å². The van der Waals surface area contributed by atoms with E-state index in [9.17, 15) is 14.4 Å². The molecule has 2 N–H and O–H groups in total. The Morgan fingerprint density at radius 2 is 1.85 bits per heavy atom. The van der Waals surface area contributed by atoms with Crippen LogP contribution in [0.2, 0.25) is 5.02 Å². The van der Waals surface area contributed by atoms with Crippen LogP contribution in [0.5, 0.6) is 0 Å². The fraction of sp³-hybridized carbons (Fsp3) is 0.222. The number of halogens is 1. The van der Waals surface area contributed by atoms with Gasteiger partial charge in [0, 0.05) is 25.4 Å². The molecule has 1 heterocycles. The zero-order chi connectivity index (χ0) is 19.8. The van der Waals surface area contributed by atoms with E-state index < -0.39 is 17.8 Å². The first-order chi connectivity index (χ1) is 13.0. The highest BCUT2D eigenvalue weighted by atomic mass is 35.5. The fourth-order valence-corrected chi connectivity index (χ4v) is 2.28. The van der Waals surface area contributed by atoms with Crippen LogP contribution in [0.4, 0.5) is 5.69 Å². The van der Waals surface area contributed by atoms with Crippen molar-refractivity contribution in [2.24, 2.45) is 0 Å². The fourth-order valence-electron chi connectivity index (χ4n) is 2.11. The minimum absolute atomic E-state index is 0.0909. The number of amides is 2. The monoisotopic (exact) mass is 391 g/mol. The summed E-state index contributed by atoms with van der Waals surface area (Å²) >= 11 is 6.07. The van der Waals surface area contributed by atoms with Gasteiger partial charge in [0.1, 0.15) is 5.69 Å². The zero-order valence-corrected chi connectivity index (χ0v) is 15.5. The molecule has 27 heavy (non-hydrogen) atoms. The van der Waals surface area contributed by atoms with E-state index in [1.807, 2.05) is 0 Å². The van der Waals surface area contributed by atoms with Crippen molar-refractivity contribution in [2.45, 2.75) is 0 Å². The normalized spacial score (nSPS) is 10.2. The number of anilines is 1. The molecule has 2 rings (SSSR count). The third kappa shape index (κ3) is 5.50. The number of benzene rings is 1. The van der Waals surface area contributed by atoms with Gasteiger partial charge in [-0.1, -0.05) is 11.6 Å². The molecule has 0 unspecified atom stereocenters. The predicted octanol–water partition coefficient (Wildman–Crippen LogP) is 2.15. The van der Waals surface area contributed by atoms with Crippen molar-refractivity contribution in [1.29, 1.82) is 0 Å². The van der Waals surface area contributed by atoms with Gasteiger partial charge in [-0.3, -0.25) is 14.6 Å². The van der Waals surface area contributed by atoms with E-state index >= 15 is 0 Å². The number of nitrogens with zero attached hydrogens (tertiary/aromatic N) is 1.